The Morgan fingerprint density at radius 2 is 1.82 bits per heavy atom. The Labute approximate surface area is 97.7 Å². The minimum atomic E-state index is -4.17. The maximum atomic E-state index is 13.3. The monoisotopic (exact) mass is 267 g/mol. The zero-order valence-electron chi connectivity index (χ0n) is 9.30. The van der Waals surface area contributed by atoms with Gasteiger partial charge < -0.3 is 0 Å². The van der Waals surface area contributed by atoms with Crippen molar-refractivity contribution in [1.82, 2.24) is 4.72 Å². The van der Waals surface area contributed by atoms with E-state index in [1.54, 1.807) is 13.8 Å². The number of sulfonamides is 1. The summed E-state index contributed by atoms with van der Waals surface area (Å²) < 4.78 is 64.3. The van der Waals surface area contributed by atoms with E-state index in [0.717, 1.165) is 0 Å². The molecule has 96 valence electrons. The van der Waals surface area contributed by atoms with E-state index in [1.807, 2.05) is 0 Å². The van der Waals surface area contributed by atoms with E-state index in [0.29, 0.717) is 18.6 Å². The number of nitrogens with one attached hydrogen (secondary N) is 1. The van der Waals surface area contributed by atoms with Crippen LogP contribution in [0.4, 0.5) is 13.2 Å². The highest BCUT2D eigenvalue weighted by atomic mass is 32.2. The first-order valence-corrected chi connectivity index (χ1v) is 6.43. The molecule has 0 spiro atoms. The van der Waals surface area contributed by atoms with Gasteiger partial charge >= 0.3 is 0 Å². The van der Waals surface area contributed by atoms with Gasteiger partial charge in [0.25, 0.3) is 0 Å². The van der Waals surface area contributed by atoms with E-state index in [-0.39, 0.29) is 0 Å². The molecule has 0 radical (unpaired) electrons. The predicted octanol–water partition coefficient (Wildman–Crippen LogP) is 2.18. The molecule has 17 heavy (non-hydrogen) atoms. The van der Waals surface area contributed by atoms with Crippen LogP contribution in [-0.4, -0.2) is 14.5 Å². The molecule has 1 rings (SSSR count). The summed E-state index contributed by atoms with van der Waals surface area (Å²) in [7, 11) is -4.17. The van der Waals surface area contributed by atoms with Crippen LogP contribution in [0.15, 0.2) is 17.0 Å². The Morgan fingerprint density at radius 3 is 2.35 bits per heavy atom. The molecule has 0 amide bonds. The highest BCUT2D eigenvalue weighted by molar-refractivity contribution is 7.89. The first-order valence-electron chi connectivity index (χ1n) is 4.95. The quantitative estimate of drug-likeness (QED) is 0.850. The average Bonchev–Trinajstić information content (AvgIpc) is 2.24. The Hall–Kier alpha value is -1.08. The van der Waals surface area contributed by atoms with Crippen LogP contribution in [0.3, 0.4) is 0 Å². The lowest BCUT2D eigenvalue weighted by atomic mass is 10.3. The van der Waals surface area contributed by atoms with Crippen LogP contribution in [0, 0.1) is 17.5 Å². The van der Waals surface area contributed by atoms with Crippen LogP contribution in [-0.2, 0) is 10.0 Å². The second kappa shape index (κ2) is 5.05. The van der Waals surface area contributed by atoms with Crippen molar-refractivity contribution in [2.45, 2.75) is 31.2 Å². The van der Waals surface area contributed by atoms with Gasteiger partial charge in [0.15, 0.2) is 17.5 Å². The molecule has 0 unspecified atom stereocenters. The third-order valence-electron chi connectivity index (χ3n) is 2.26. The Bertz CT molecular complexity index is 517. The van der Waals surface area contributed by atoms with Crippen molar-refractivity contribution in [3.8, 4) is 0 Å². The summed E-state index contributed by atoms with van der Waals surface area (Å²) >= 11 is 0. The number of benzene rings is 1. The van der Waals surface area contributed by atoms with Crippen molar-refractivity contribution in [3.63, 3.8) is 0 Å². The molecular formula is C10H12F3NO2S. The summed E-state index contributed by atoms with van der Waals surface area (Å²) in [5.41, 5.74) is 0. The van der Waals surface area contributed by atoms with Gasteiger partial charge in [-0.05, 0) is 25.5 Å². The maximum absolute atomic E-state index is 13.3. The average molecular weight is 267 g/mol. The third-order valence-corrected chi connectivity index (χ3v) is 3.86. The fraction of sp³-hybridized carbons (Fsp3) is 0.400. The molecule has 0 aliphatic rings. The van der Waals surface area contributed by atoms with Crippen molar-refractivity contribution in [3.05, 3.63) is 29.6 Å². The van der Waals surface area contributed by atoms with Crippen molar-refractivity contribution < 1.29 is 21.6 Å². The summed E-state index contributed by atoms with van der Waals surface area (Å²) in [4.78, 5) is -0.892. The lowest BCUT2D eigenvalue weighted by molar-refractivity contribution is 0.431. The molecule has 0 fully saturated rings. The van der Waals surface area contributed by atoms with Crippen LogP contribution in [0.1, 0.15) is 20.3 Å². The summed E-state index contributed by atoms with van der Waals surface area (Å²) in [5.74, 6) is -4.93. The van der Waals surface area contributed by atoms with Gasteiger partial charge in [0, 0.05) is 6.04 Å². The van der Waals surface area contributed by atoms with Gasteiger partial charge in [-0.25, -0.2) is 26.3 Å². The largest absolute Gasteiger partial charge is 0.243 e. The third kappa shape index (κ3) is 2.98. The summed E-state index contributed by atoms with van der Waals surface area (Å²) in [6.07, 6.45) is 0.491. The molecule has 0 saturated carbocycles. The van der Waals surface area contributed by atoms with Crippen molar-refractivity contribution in [2.24, 2.45) is 0 Å². The van der Waals surface area contributed by atoms with Crippen molar-refractivity contribution >= 4 is 10.0 Å². The molecule has 0 heterocycles. The van der Waals surface area contributed by atoms with E-state index in [1.165, 1.54) is 0 Å². The van der Waals surface area contributed by atoms with E-state index in [9.17, 15) is 21.6 Å². The fourth-order valence-electron chi connectivity index (χ4n) is 1.13. The van der Waals surface area contributed by atoms with Gasteiger partial charge in [-0.15, -0.1) is 0 Å². The molecule has 0 aliphatic heterocycles. The number of hydrogen-bond acceptors (Lipinski definition) is 2. The van der Waals surface area contributed by atoms with Crippen molar-refractivity contribution in [1.29, 1.82) is 0 Å². The number of halogens is 3. The van der Waals surface area contributed by atoms with E-state index in [4.69, 9.17) is 0 Å². The molecule has 1 aromatic rings. The van der Waals surface area contributed by atoms with Gasteiger partial charge in [0.05, 0.1) is 0 Å². The number of hydrogen-bond donors (Lipinski definition) is 1. The standard InChI is InChI=1S/C10H12F3NO2S/c1-3-6(2)14-17(15,16)8-5-4-7(11)9(12)10(8)13/h4-6,14H,3H2,1-2H3/t6-/m1/s1. The molecule has 1 N–H and O–H groups in total. The van der Waals surface area contributed by atoms with Crippen molar-refractivity contribution in [2.75, 3.05) is 0 Å². The minimum Gasteiger partial charge on any atom is -0.208 e. The van der Waals surface area contributed by atoms with Gasteiger partial charge in [0.1, 0.15) is 4.90 Å². The second-order valence-electron chi connectivity index (χ2n) is 3.60. The minimum absolute atomic E-state index is 0.424. The summed E-state index contributed by atoms with van der Waals surface area (Å²) in [6, 6.07) is 0.842. The van der Waals surface area contributed by atoms with E-state index in [2.05, 4.69) is 4.72 Å². The molecule has 0 bridgehead atoms. The molecule has 0 aliphatic carbocycles. The molecule has 0 saturated heterocycles. The maximum Gasteiger partial charge on any atom is 0.243 e. The SMILES string of the molecule is CC[C@@H](C)NS(=O)(=O)c1ccc(F)c(F)c1F. The van der Waals surface area contributed by atoms with Crippen LogP contribution >= 0.6 is 0 Å². The van der Waals surface area contributed by atoms with E-state index >= 15 is 0 Å². The van der Waals surface area contributed by atoms with Crippen LogP contribution < -0.4 is 4.72 Å². The van der Waals surface area contributed by atoms with Gasteiger partial charge in [0.2, 0.25) is 10.0 Å². The molecule has 3 nitrogen and oxygen atoms in total. The zero-order valence-corrected chi connectivity index (χ0v) is 10.1. The van der Waals surface area contributed by atoms with Gasteiger partial charge in [-0.1, -0.05) is 6.92 Å². The highest BCUT2D eigenvalue weighted by Crippen LogP contribution is 2.19. The Morgan fingerprint density at radius 1 is 1.24 bits per heavy atom. The molecule has 7 heteroatoms. The molecule has 0 aromatic heterocycles. The number of rotatable bonds is 4. The first-order chi connectivity index (χ1) is 7.79. The second-order valence-corrected chi connectivity index (χ2v) is 5.29. The Kier molecular flexibility index (Phi) is 4.16. The molecule has 1 aromatic carbocycles. The smallest absolute Gasteiger partial charge is 0.208 e. The van der Waals surface area contributed by atoms with Gasteiger partial charge in [-0.2, -0.15) is 0 Å². The van der Waals surface area contributed by atoms with Gasteiger partial charge in [-0.3, -0.25) is 0 Å². The topological polar surface area (TPSA) is 46.2 Å². The Balaban J connectivity index is 3.21. The summed E-state index contributed by atoms with van der Waals surface area (Å²) in [5, 5.41) is 0. The lowest BCUT2D eigenvalue weighted by Crippen LogP contribution is -2.32. The summed E-state index contributed by atoms with van der Waals surface area (Å²) in [6.45, 7) is 3.31. The normalized spacial score (nSPS) is 13.7. The van der Waals surface area contributed by atoms with Crippen LogP contribution in [0.5, 0.6) is 0 Å². The first kappa shape index (κ1) is 14.0. The van der Waals surface area contributed by atoms with Crippen LogP contribution in [0.2, 0.25) is 0 Å². The fourth-order valence-corrected chi connectivity index (χ4v) is 2.52. The van der Waals surface area contributed by atoms with E-state index < -0.39 is 38.4 Å². The highest BCUT2D eigenvalue weighted by Gasteiger charge is 2.24. The zero-order chi connectivity index (χ0) is 13.2. The molecular weight excluding hydrogens is 255 g/mol. The molecule has 1 atom stereocenters. The predicted molar refractivity (Wildman–Crippen MR) is 56.4 cm³/mol. The lowest BCUT2D eigenvalue weighted by Gasteiger charge is -2.12. The van der Waals surface area contributed by atoms with Crippen LogP contribution in [0.25, 0.3) is 0 Å².